The monoisotopic (exact) mass is 299 g/mol. The summed E-state index contributed by atoms with van der Waals surface area (Å²) in [6.45, 7) is 5.30. The molecule has 2 rings (SSSR count). The lowest BCUT2D eigenvalue weighted by Gasteiger charge is -2.11. The van der Waals surface area contributed by atoms with Gasteiger partial charge in [-0.2, -0.15) is 0 Å². The van der Waals surface area contributed by atoms with Gasteiger partial charge in [0.1, 0.15) is 18.1 Å². The van der Waals surface area contributed by atoms with Crippen LogP contribution in [-0.4, -0.2) is 25.7 Å². The van der Waals surface area contributed by atoms with Gasteiger partial charge in [-0.15, -0.1) is 0 Å². The standard InChI is InChI=1S/C18H21NO3/c1-3-21-17-10-5-4-9-16(17)18(20)19-11-12-22-15-8-6-7-14(2)13-15/h4-10,13H,3,11-12H2,1-2H3,(H,19,20). The molecule has 22 heavy (non-hydrogen) atoms. The summed E-state index contributed by atoms with van der Waals surface area (Å²) in [7, 11) is 0. The Morgan fingerprint density at radius 3 is 2.68 bits per heavy atom. The molecule has 2 aromatic carbocycles. The first-order chi connectivity index (χ1) is 10.7. The Kier molecular flexibility index (Phi) is 5.83. The maximum atomic E-state index is 12.2. The van der Waals surface area contributed by atoms with Crippen LogP contribution in [0.4, 0.5) is 0 Å². The quantitative estimate of drug-likeness (QED) is 0.799. The van der Waals surface area contributed by atoms with E-state index >= 15 is 0 Å². The topological polar surface area (TPSA) is 47.6 Å². The van der Waals surface area contributed by atoms with Gasteiger partial charge in [-0.3, -0.25) is 4.79 Å². The molecule has 0 fully saturated rings. The lowest BCUT2D eigenvalue weighted by molar-refractivity contribution is 0.0943. The first-order valence-electron chi connectivity index (χ1n) is 7.40. The Labute approximate surface area is 131 Å². The molecule has 2 aromatic rings. The van der Waals surface area contributed by atoms with Gasteiger partial charge >= 0.3 is 0 Å². The minimum atomic E-state index is -0.156. The van der Waals surface area contributed by atoms with Crippen molar-refractivity contribution in [1.82, 2.24) is 5.32 Å². The predicted octanol–water partition coefficient (Wildman–Crippen LogP) is 3.20. The lowest BCUT2D eigenvalue weighted by Crippen LogP contribution is -2.28. The number of hydrogen-bond donors (Lipinski definition) is 1. The number of carbonyl (C=O) groups excluding carboxylic acids is 1. The Bertz CT molecular complexity index is 625. The van der Waals surface area contributed by atoms with Crippen molar-refractivity contribution in [1.29, 1.82) is 0 Å². The molecule has 0 heterocycles. The Morgan fingerprint density at radius 1 is 1.09 bits per heavy atom. The van der Waals surface area contributed by atoms with E-state index < -0.39 is 0 Å². The molecular weight excluding hydrogens is 278 g/mol. The van der Waals surface area contributed by atoms with Crippen LogP contribution in [0.15, 0.2) is 48.5 Å². The van der Waals surface area contributed by atoms with E-state index in [9.17, 15) is 4.79 Å². The van der Waals surface area contributed by atoms with E-state index in [1.807, 2.05) is 50.2 Å². The number of ether oxygens (including phenoxy) is 2. The largest absolute Gasteiger partial charge is 0.493 e. The van der Waals surface area contributed by atoms with Crippen molar-refractivity contribution < 1.29 is 14.3 Å². The van der Waals surface area contributed by atoms with E-state index in [4.69, 9.17) is 9.47 Å². The minimum absolute atomic E-state index is 0.156. The van der Waals surface area contributed by atoms with Crippen molar-refractivity contribution >= 4 is 5.91 Å². The fourth-order valence-electron chi connectivity index (χ4n) is 2.07. The molecule has 0 aliphatic rings. The van der Waals surface area contributed by atoms with Crippen LogP contribution in [0.1, 0.15) is 22.8 Å². The normalized spacial score (nSPS) is 10.1. The second kappa shape index (κ2) is 8.08. The molecule has 0 atom stereocenters. The third-order valence-electron chi connectivity index (χ3n) is 3.08. The number of para-hydroxylation sites is 1. The van der Waals surface area contributed by atoms with E-state index in [0.717, 1.165) is 11.3 Å². The average molecular weight is 299 g/mol. The van der Waals surface area contributed by atoms with Crippen LogP contribution in [0.3, 0.4) is 0 Å². The molecule has 4 heteroatoms. The zero-order valence-corrected chi connectivity index (χ0v) is 13.0. The van der Waals surface area contributed by atoms with Gasteiger partial charge in [0.05, 0.1) is 18.7 Å². The Hall–Kier alpha value is -2.49. The van der Waals surface area contributed by atoms with Gasteiger partial charge in [0.2, 0.25) is 0 Å². The average Bonchev–Trinajstić information content (AvgIpc) is 2.52. The van der Waals surface area contributed by atoms with E-state index in [2.05, 4.69) is 5.32 Å². The van der Waals surface area contributed by atoms with Gasteiger partial charge < -0.3 is 14.8 Å². The molecule has 0 saturated carbocycles. The number of carbonyl (C=O) groups is 1. The predicted molar refractivity (Wildman–Crippen MR) is 86.6 cm³/mol. The Balaban J connectivity index is 1.83. The first-order valence-corrected chi connectivity index (χ1v) is 7.40. The smallest absolute Gasteiger partial charge is 0.255 e. The summed E-state index contributed by atoms with van der Waals surface area (Å²) in [6.07, 6.45) is 0. The van der Waals surface area contributed by atoms with Crippen LogP contribution in [0, 0.1) is 6.92 Å². The van der Waals surface area contributed by atoms with Crippen molar-refractivity contribution in [2.75, 3.05) is 19.8 Å². The molecule has 0 aromatic heterocycles. The van der Waals surface area contributed by atoms with Crippen LogP contribution in [-0.2, 0) is 0 Å². The second-order valence-electron chi connectivity index (χ2n) is 4.85. The summed E-state index contributed by atoms with van der Waals surface area (Å²) in [5, 5.41) is 2.84. The van der Waals surface area contributed by atoms with Crippen molar-refractivity contribution in [2.45, 2.75) is 13.8 Å². The zero-order chi connectivity index (χ0) is 15.8. The van der Waals surface area contributed by atoms with Crippen LogP contribution < -0.4 is 14.8 Å². The highest BCUT2D eigenvalue weighted by Gasteiger charge is 2.10. The van der Waals surface area contributed by atoms with Crippen molar-refractivity contribution in [3.63, 3.8) is 0 Å². The van der Waals surface area contributed by atoms with Crippen molar-refractivity contribution in [3.8, 4) is 11.5 Å². The van der Waals surface area contributed by atoms with E-state index in [1.54, 1.807) is 12.1 Å². The highest BCUT2D eigenvalue weighted by molar-refractivity contribution is 5.96. The highest BCUT2D eigenvalue weighted by atomic mass is 16.5. The molecule has 0 saturated heterocycles. The van der Waals surface area contributed by atoms with Gasteiger partial charge in [0.25, 0.3) is 5.91 Å². The number of amides is 1. The highest BCUT2D eigenvalue weighted by Crippen LogP contribution is 2.17. The number of nitrogens with one attached hydrogen (secondary N) is 1. The van der Waals surface area contributed by atoms with Crippen LogP contribution in [0.25, 0.3) is 0 Å². The van der Waals surface area contributed by atoms with E-state index in [-0.39, 0.29) is 5.91 Å². The molecule has 1 amide bonds. The van der Waals surface area contributed by atoms with Gasteiger partial charge in [-0.05, 0) is 43.7 Å². The minimum Gasteiger partial charge on any atom is -0.493 e. The van der Waals surface area contributed by atoms with Crippen LogP contribution in [0.2, 0.25) is 0 Å². The third kappa shape index (κ3) is 4.52. The maximum absolute atomic E-state index is 12.2. The molecule has 1 N–H and O–H groups in total. The van der Waals surface area contributed by atoms with Gasteiger partial charge in [-0.1, -0.05) is 24.3 Å². The third-order valence-corrected chi connectivity index (χ3v) is 3.08. The first kappa shape index (κ1) is 15.9. The summed E-state index contributed by atoms with van der Waals surface area (Å²) in [4.78, 5) is 12.2. The molecule has 0 unspecified atom stereocenters. The number of aryl methyl sites for hydroxylation is 1. The second-order valence-corrected chi connectivity index (χ2v) is 4.85. The summed E-state index contributed by atoms with van der Waals surface area (Å²) < 4.78 is 11.1. The van der Waals surface area contributed by atoms with Gasteiger partial charge in [-0.25, -0.2) is 0 Å². The van der Waals surface area contributed by atoms with E-state index in [0.29, 0.717) is 31.1 Å². The summed E-state index contributed by atoms with van der Waals surface area (Å²) in [5.74, 6) is 1.25. The molecule has 116 valence electrons. The van der Waals surface area contributed by atoms with Crippen molar-refractivity contribution in [2.24, 2.45) is 0 Å². The van der Waals surface area contributed by atoms with Crippen molar-refractivity contribution in [3.05, 3.63) is 59.7 Å². The van der Waals surface area contributed by atoms with Crippen LogP contribution >= 0.6 is 0 Å². The summed E-state index contributed by atoms with van der Waals surface area (Å²) in [5.41, 5.74) is 1.69. The summed E-state index contributed by atoms with van der Waals surface area (Å²) in [6, 6.07) is 15.0. The molecule has 0 bridgehead atoms. The molecule has 0 aliphatic heterocycles. The zero-order valence-electron chi connectivity index (χ0n) is 13.0. The fraction of sp³-hybridized carbons (Fsp3) is 0.278. The van der Waals surface area contributed by atoms with E-state index in [1.165, 1.54) is 0 Å². The molecule has 0 spiro atoms. The fourth-order valence-corrected chi connectivity index (χ4v) is 2.07. The maximum Gasteiger partial charge on any atom is 0.255 e. The molecular formula is C18H21NO3. The summed E-state index contributed by atoms with van der Waals surface area (Å²) >= 11 is 0. The Morgan fingerprint density at radius 2 is 1.91 bits per heavy atom. The van der Waals surface area contributed by atoms with Gasteiger partial charge in [0.15, 0.2) is 0 Å². The molecule has 0 aliphatic carbocycles. The van der Waals surface area contributed by atoms with Crippen LogP contribution in [0.5, 0.6) is 11.5 Å². The molecule has 4 nitrogen and oxygen atoms in total. The SMILES string of the molecule is CCOc1ccccc1C(=O)NCCOc1cccc(C)c1. The van der Waals surface area contributed by atoms with Gasteiger partial charge in [0, 0.05) is 0 Å². The number of benzene rings is 2. The molecule has 0 radical (unpaired) electrons. The lowest BCUT2D eigenvalue weighted by atomic mass is 10.2. The number of hydrogen-bond acceptors (Lipinski definition) is 3. The number of rotatable bonds is 7.